The Hall–Kier alpha value is -1.37. The molecule has 0 aliphatic rings. The molecule has 0 spiro atoms. The Labute approximate surface area is 99.2 Å². The van der Waals surface area contributed by atoms with E-state index in [0.29, 0.717) is 0 Å². The average Bonchev–Trinajstić information content (AvgIpc) is 2.66. The summed E-state index contributed by atoms with van der Waals surface area (Å²) in [5.74, 6) is -0.957. The molecule has 0 unspecified atom stereocenters. The molecule has 0 aliphatic heterocycles. The highest BCUT2D eigenvalue weighted by Gasteiger charge is 2.04. The van der Waals surface area contributed by atoms with Crippen LogP contribution in [0.4, 0.5) is 0 Å². The molecule has 1 heterocycles. The van der Waals surface area contributed by atoms with Gasteiger partial charge in [-0.1, -0.05) is 6.07 Å². The lowest BCUT2D eigenvalue weighted by Gasteiger charge is -1.97. The van der Waals surface area contributed by atoms with Crippen LogP contribution in [-0.4, -0.2) is 21.0 Å². The zero-order valence-corrected chi connectivity index (χ0v) is 9.72. The molecule has 4 nitrogen and oxygen atoms in total. The summed E-state index contributed by atoms with van der Waals surface area (Å²) >= 11 is 2.19. The van der Waals surface area contributed by atoms with Gasteiger partial charge in [-0.05, 0) is 34.7 Å². The summed E-state index contributed by atoms with van der Waals surface area (Å²) in [5.41, 5.74) is 2.55. The lowest BCUT2D eigenvalue weighted by molar-refractivity contribution is -0.131. The molecule has 15 heavy (non-hydrogen) atoms. The van der Waals surface area contributed by atoms with E-state index in [-0.39, 0.29) is 0 Å². The monoisotopic (exact) mass is 314 g/mol. The van der Waals surface area contributed by atoms with Crippen LogP contribution in [-0.2, 0) is 4.79 Å². The molecule has 0 saturated carbocycles. The molecule has 1 aromatic carbocycles. The van der Waals surface area contributed by atoms with Crippen molar-refractivity contribution in [3.8, 4) is 0 Å². The van der Waals surface area contributed by atoms with E-state index in [1.54, 1.807) is 12.4 Å². The highest BCUT2D eigenvalue weighted by molar-refractivity contribution is 14.1. The minimum Gasteiger partial charge on any atom is -0.478 e. The molecule has 0 bridgehead atoms. The maximum atomic E-state index is 10.4. The van der Waals surface area contributed by atoms with Crippen molar-refractivity contribution in [2.24, 2.45) is 0 Å². The number of halogens is 1. The molecule has 1 aromatic heterocycles. The van der Waals surface area contributed by atoms with Crippen LogP contribution in [0.2, 0.25) is 0 Å². The topological polar surface area (TPSA) is 66.0 Å². The maximum absolute atomic E-state index is 10.4. The van der Waals surface area contributed by atoms with E-state index in [9.17, 15) is 4.79 Å². The third-order valence-electron chi connectivity index (χ3n) is 1.97. The third kappa shape index (κ3) is 2.01. The van der Waals surface area contributed by atoms with Crippen molar-refractivity contribution >= 4 is 45.7 Å². The fraction of sp³-hybridized carbons (Fsp3) is 0. The highest BCUT2D eigenvalue weighted by atomic mass is 127. The van der Waals surface area contributed by atoms with Crippen LogP contribution in [0.5, 0.6) is 0 Å². The van der Waals surface area contributed by atoms with Gasteiger partial charge in [0.2, 0.25) is 0 Å². The number of rotatable bonds is 2. The third-order valence-corrected chi connectivity index (χ3v) is 2.84. The predicted octanol–water partition coefficient (Wildman–Crippen LogP) is 2.27. The van der Waals surface area contributed by atoms with E-state index in [0.717, 1.165) is 26.2 Å². The van der Waals surface area contributed by atoms with Gasteiger partial charge < -0.3 is 10.1 Å². The van der Waals surface area contributed by atoms with Crippen molar-refractivity contribution in [2.45, 2.75) is 0 Å². The molecule has 0 saturated heterocycles. The number of carboxylic acid groups (broad SMARTS) is 1. The number of nitrogens with zero attached hydrogens (tertiary/aromatic N) is 1. The van der Waals surface area contributed by atoms with Crippen LogP contribution in [0.1, 0.15) is 5.56 Å². The molecule has 2 rings (SSSR count). The first-order valence-corrected chi connectivity index (χ1v) is 5.29. The standard InChI is InChI=1S/C10H7IN2O2/c11-7-3-1-6(2-4-8(14)15)9-10(7)13-5-12-9/h1-5H,(H,12,13)(H,14,15)/b4-2+. The first-order valence-electron chi connectivity index (χ1n) is 4.21. The summed E-state index contributed by atoms with van der Waals surface area (Å²) in [4.78, 5) is 17.6. The highest BCUT2D eigenvalue weighted by Crippen LogP contribution is 2.21. The van der Waals surface area contributed by atoms with Gasteiger partial charge in [0.25, 0.3) is 0 Å². The number of carbonyl (C=O) groups is 1. The summed E-state index contributed by atoms with van der Waals surface area (Å²) in [7, 11) is 0. The van der Waals surface area contributed by atoms with Gasteiger partial charge in [-0.25, -0.2) is 9.78 Å². The number of carboxylic acids is 1. The van der Waals surface area contributed by atoms with Crippen molar-refractivity contribution in [3.63, 3.8) is 0 Å². The largest absolute Gasteiger partial charge is 0.478 e. The smallest absolute Gasteiger partial charge is 0.328 e. The van der Waals surface area contributed by atoms with Gasteiger partial charge in [0.15, 0.2) is 0 Å². The summed E-state index contributed by atoms with van der Waals surface area (Å²) in [6.45, 7) is 0. The number of benzene rings is 1. The Bertz CT molecular complexity index is 545. The number of aromatic amines is 1. The quantitative estimate of drug-likeness (QED) is 0.660. The molecule has 0 fully saturated rings. The van der Waals surface area contributed by atoms with Crippen LogP contribution in [0.15, 0.2) is 24.5 Å². The van der Waals surface area contributed by atoms with Crippen LogP contribution in [0.25, 0.3) is 17.1 Å². The first kappa shape index (κ1) is 10.2. The van der Waals surface area contributed by atoms with Crippen molar-refractivity contribution in [1.29, 1.82) is 0 Å². The number of H-pyrrole nitrogens is 1. The minimum absolute atomic E-state index is 0.824. The molecule has 0 atom stereocenters. The summed E-state index contributed by atoms with van der Waals surface area (Å²) in [6, 6.07) is 3.77. The lowest BCUT2D eigenvalue weighted by Crippen LogP contribution is -1.87. The normalized spacial score (nSPS) is 11.3. The second-order valence-corrected chi connectivity index (χ2v) is 4.10. The minimum atomic E-state index is -0.957. The van der Waals surface area contributed by atoms with Gasteiger partial charge in [-0.3, -0.25) is 0 Å². The average molecular weight is 314 g/mol. The SMILES string of the molecule is O=C(O)/C=C/c1ccc(I)c2nc[nH]c12. The van der Waals surface area contributed by atoms with Crippen molar-refractivity contribution in [2.75, 3.05) is 0 Å². The molecule has 5 heteroatoms. The van der Waals surface area contributed by atoms with E-state index >= 15 is 0 Å². The molecule has 2 N–H and O–H groups in total. The van der Waals surface area contributed by atoms with Crippen LogP contribution >= 0.6 is 22.6 Å². The van der Waals surface area contributed by atoms with E-state index in [1.165, 1.54) is 0 Å². The Balaban J connectivity index is 2.57. The summed E-state index contributed by atoms with van der Waals surface area (Å²) in [5, 5.41) is 8.54. The van der Waals surface area contributed by atoms with Gasteiger partial charge in [0.1, 0.15) is 5.52 Å². The number of imidazole rings is 1. The molecular weight excluding hydrogens is 307 g/mol. The fourth-order valence-corrected chi connectivity index (χ4v) is 1.91. The number of hydrogen-bond acceptors (Lipinski definition) is 2. The number of nitrogens with one attached hydrogen (secondary N) is 1. The van der Waals surface area contributed by atoms with Crippen molar-refractivity contribution in [1.82, 2.24) is 9.97 Å². The Kier molecular flexibility index (Phi) is 2.72. The van der Waals surface area contributed by atoms with Gasteiger partial charge in [-0.2, -0.15) is 0 Å². The fourth-order valence-electron chi connectivity index (χ4n) is 1.32. The lowest BCUT2D eigenvalue weighted by atomic mass is 10.1. The van der Waals surface area contributed by atoms with E-state index in [2.05, 4.69) is 32.6 Å². The zero-order chi connectivity index (χ0) is 10.8. The van der Waals surface area contributed by atoms with Gasteiger partial charge >= 0.3 is 5.97 Å². The van der Waals surface area contributed by atoms with Crippen LogP contribution in [0, 0.1) is 3.57 Å². The van der Waals surface area contributed by atoms with E-state index in [1.807, 2.05) is 12.1 Å². The summed E-state index contributed by atoms with van der Waals surface area (Å²) < 4.78 is 1.04. The number of fused-ring (bicyclic) bond motifs is 1. The maximum Gasteiger partial charge on any atom is 0.328 e. The van der Waals surface area contributed by atoms with Gasteiger partial charge in [0.05, 0.1) is 11.8 Å². The van der Waals surface area contributed by atoms with E-state index in [4.69, 9.17) is 5.11 Å². The van der Waals surface area contributed by atoms with Gasteiger partial charge in [-0.15, -0.1) is 0 Å². The number of hydrogen-bond donors (Lipinski definition) is 2. The van der Waals surface area contributed by atoms with Crippen molar-refractivity contribution in [3.05, 3.63) is 33.7 Å². The van der Waals surface area contributed by atoms with E-state index < -0.39 is 5.97 Å². The zero-order valence-electron chi connectivity index (χ0n) is 7.57. The molecule has 76 valence electrons. The number of aliphatic carboxylic acids is 1. The number of aromatic nitrogens is 2. The molecule has 0 aliphatic carbocycles. The van der Waals surface area contributed by atoms with Gasteiger partial charge in [0, 0.05) is 15.2 Å². The van der Waals surface area contributed by atoms with Crippen LogP contribution < -0.4 is 0 Å². The molecule has 0 radical (unpaired) electrons. The second-order valence-electron chi connectivity index (χ2n) is 2.93. The second kappa shape index (κ2) is 4.01. The summed E-state index contributed by atoms with van der Waals surface area (Å²) in [6.07, 6.45) is 4.27. The Morgan fingerprint density at radius 3 is 3.07 bits per heavy atom. The molecular formula is C10H7IN2O2. The van der Waals surface area contributed by atoms with Crippen LogP contribution in [0.3, 0.4) is 0 Å². The first-order chi connectivity index (χ1) is 7.18. The Morgan fingerprint density at radius 2 is 2.33 bits per heavy atom. The molecule has 0 amide bonds. The Morgan fingerprint density at radius 1 is 1.53 bits per heavy atom. The predicted molar refractivity (Wildman–Crippen MR) is 65.5 cm³/mol. The van der Waals surface area contributed by atoms with Crippen molar-refractivity contribution < 1.29 is 9.90 Å². The molecule has 2 aromatic rings.